The maximum atomic E-state index is 14.1. The molecule has 96 valence electrons. The molecule has 1 aromatic carbocycles. The summed E-state index contributed by atoms with van der Waals surface area (Å²) in [6.07, 6.45) is 0.967. The molecule has 0 aromatic heterocycles. The minimum Gasteiger partial charge on any atom is -0.310 e. The molecular formula is C15H24FN. The summed E-state index contributed by atoms with van der Waals surface area (Å²) in [7, 11) is 0. The molecular weight excluding hydrogens is 213 g/mol. The van der Waals surface area contributed by atoms with E-state index in [1.165, 1.54) is 0 Å². The van der Waals surface area contributed by atoms with Gasteiger partial charge in [-0.25, -0.2) is 4.39 Å². The number of benzene rings is 1. The number of hydrogen-bond donors (Lipinski definition) is 1. The van der Waals surface area contributed by atoms with Gasteiger partial charge >= 0.3 is 0 Å². The van der Waals surface area contributed by atoms with Gasteiger partial charge in [0.05, 0.1) is 0 Å². The quantitative estimate of drug-likeness (QED) is 0.811. The molecule has 0 heterocycles. The van der Waals surface area contributed by atoms with Gasteiger partial charge in [-0.05, 0) is 49.9 Å². The minimum absolute atomic E-state index is 0.0749. The van der Waals surface area contributed by atoms with Gasteiger partial charge in [0.1, 0.15) is 5.82 Å². The van der Waals surface area contributed by atoms with Crippen LogP contribution >= 0.6 is 0 Å². The normalized spacial score (nSPS) is 13.1. The molecule has 1 unspecified atom stereocenters. The van der Waals surface area contributed by atoms with Crippen LogP contribution in [-0.2, 0) is 0 Å². The van der Waals surface area contributed by atoms with E-state index >= 15 is 0 Å². The Morgan fingerprint density at radius 2 is 1.88 bits per heavy atom. The molecule has 0 saturated carbocycles. The molecule has 2 heteroatoms. The summed E-state index contributed by atoms with van der Waals surface area (Å²) in [5.41, 5.74) is 2.88. The average molecular weight is 237 g/mol. The zero-order chi connectivity index (χ0) is 13.0. The van der Waals surface area contributed by atoms with Crippen LogP contribution in [0.4, 0.5) is 4.39 Å². The zero-order valence-electron chi connectivity index (χ0n) is 11.6. The topological polar surface area (TPSA) is 12.0 Å². The van der Waals surface area contributed by atoms with Crippen molar-refractivity contribution in [2.45, 2.75) is 47.1 Å². The van der Waals surface area contributed by atoms with E-state index in [0.717, 1.165) is 29.7 Å². The van der Waals surface area contributed by atoms with Crippen molar-refractivity contribution < 1.29 is 4.39 Å². The second-order valence-corrected chi connectivity index (χ2v) is 5.22. The molecule has 1 N–H and O–H groups in total. The summed E-state index contributed by atoms with van der Waals surface area (Å²) < 4.78 is 14.1. The van der Waals surface area contributed by atoms with Gasteiger partial charge in [0.15, 0.2) is 0 Å². The second kappa shape index (κ2) is 6.15. The average Bonchev–Trinajstić information content (AvgIpc) is 2.14. The molecule has 0 fully saturated rings. The van der Waals surface area contributed by atoms with Crippen LogP contribution in [0.3, 0.4) is 0 Å². The van der Waals surface area contributed by atoms with Gasteiger partial charge in [0, 0.05) is 11.6 Å². The predicted octanol–water partition coefficient (Wildman–Crippen LogP) is 4.14. The number of hydrogen-bond acceptors (Lipinski definition) is 1. The molecule has 1 aromatic rings. The molecule has 0 aliphatic rings. The first-order valence-electron chi connectivity index (χ1n) is 6.45. The minimum atomic E-state index is -0.0749. The molecule has 1 atom stereocenters. The van der Waals surface area contributed by atoms with E-state index in [4.69, 9.17) is 0 Å². The SMILES string of the molecule is CCNC(CC(C)C)c1c(C)cc(C)cc1F. The van der Waals surface area contributed by atoms with Crippen LogP contribution in [0.15, 0.2) is 12.1 Å². The Balaban J connectivity index is 3.08. The third-order valence-corrected chi connectivity index (χ3v) is 2.99. The van der Waals surface area contributed by atoms with Crippen LogP contribution in [0.1, 0.15) is 49.9 Å². The van der Waals surface area contributed by atoms with Crippen molar-refractivity contribution in [1.82, 2.24) is 5.32 Å². The van der Waals surface area contributed by atoms with Crippen LogP contribution < -0.4 is 5.32 Å². The number of nitrogens with one attached hydrogen (secondary N) is 1. The van der Waals surface area contributed by atoms with E-state index in [1.807, 2.05) is 13.8 Å². The van der Waals surface area contributed by atoms with Crippen LogP contribution in [0.5, 0.6) is 0 Å². The van der Waals surface area contributed by atoms with E-state index in [-0.39, 0.29) is 11.9 Å². The Morgan fingerprint density at radius 3 is 2.35 bits per heavy atom. The maximum absolute atomic E-state index is 14.1. The molecule has 0 amide bonds. The molecule has 0 spiro atoms. The fourth-order valence-corrected chi connectivity index (χ4v) is 2.39. The molecule has 0 bridgehead atoms. The zero-order valence-corrected chi connectivity index (χ0v) is 11.6. The lowest BCUT2D eigenvalue weighted by atomic mass is 9.92. The summed E-state index contributed by atoms with van der Waals surface area (Å²) in [4.78, 5) is 0. The van der Waals surface area contributed by atoms with Gasteiger partial charge < -0.3 is 5.32 Å². The molecule has 17 heavy (non-hydrogen) atoms. The largest absolute Gasteiger partial charge is 0.310 e. The van der Waals surface area contributed by atoms with Crippen LogP contribution in [0.2, 0.25) is 0 Å². The Hall–Kier alpha value is -0.890. The van der Waals surface area contributed by atoms with Gasteiger partial charge in [-0.2, -0.15) is 0 Å². The monoisotopic (exact) mass is 237 g/mol. The standard InChI is InChI=1S/C15H24FN/c1-6-17-14(7-10(2)3)15-12(5)8-11(4)9-13(15)16/h8-10,14,17H,6-7H2,1-5H3. The molecule has 1 nitrogen and oxygen atoms in total. The highest BCUT2D eigenvalue weighted by Gasteiger charge is 2.18. The van der Waals surface area contributed by atoms with Gasteiger partial charge in [-0.1, -0.05) is 26.8 Å². The lowest BCUT2D eigenvalue weighted by molar-refractivity contribution is 0.422. The van der Waals surface area contributed by atoms with E-state index in [2.05, 4.69) is 32.2 Å². The fourth-order valence-electron chi connectivity index (χ4n) is 2.39. The van der Waals surface area contributed by atoms with Crippen molar-refractivity contribution in [2.24, 2.45) is 5.92 Å². The molecule has 0 aliphatic heterocycles. The number of rotatable bonds is 5. The van der Waals surface area contributed by atoms with E-state index in [0.29, 0.717) is 5.92 Å². The van der Waals surface area contributed by atoms with Crippen molar-refractivity contribution in [2.75, 3.05) is 6.54 Å². The summed E-state index contributed by atoms with van der Waals surface area (Å²) in [6.45, 7) is 11.2. The van der Waals surface area contributed by atoms with Crippen LogP contribution in [0.25, 0.3) is 0 Å². The highest BCUT2D eigenvalue weighted by molar-refractivity contribution is 5.34. The van der Waals surface area contributed by atoms with Crippen molar-refractivity contribution >= 4 is 0 Å². The first-order valence-corrected chi connectivity index (χ1v) is 6.45. The van der Waals surface area contributed by atoms with Crippen molar-refractivity contribution in [3.05, 3.63) is 34.6 Å². The first kappa shape index (κ1) is 14.2. The molecule has 0 saturated heterocycles. The lowest BCUT2D eigenvalue weighted by Gasteiger charge is -2.23. The van der Waals surface area contributed by atoms with Gasteiger partial charge in [0.25, 0.3) is 0 Å². The van der Waals surface area contributed by atoms with Gasteiger partial charge in [-0.15, -0.1) is 0 Å². The Kier molecular flexibility index (Phi) is 5.13. The first-order chi connectivity index (χ1) is 7.95. The van der Waals surface area contributed by atoms with Crippen molar-refractivity contribution in [3.8, 4) is 0 Å². The highest BCUT2D eigenvalue weighted by Crippen LogP contribution is 2.27. The Labute approximate surface area is 104 Å². The van der Waals surface area contributed by atoms with Crippen LogP contribution in [-0.4, -0.2) is 6.54 Å². The van der Waals surface area contributed by atoms with E-state index in [1.54, 1.807) is 6.07 Å². The molecule has 1 rings (SSSR count). The van der Waals surface area contributed by atoms with Crippen molar-refractivity contribution in [3.63, 3.8) is 0 Å². The Bertz CT molecular complexity index is 348. The summed E-state index contributed by atoms with van der Waals surface area (Å²) in [6, 6.07) is 3.82. The Morgan fingerprint density at radius 1 is 1.24 bits per heavy atom. The summed E-state index contributed by atoms with van der Waals surface area (Å²) in [5, 5.41) is 3.39. The smallest absolute Gasteiger partial charge is 0.128 e. The third-order valence-electron chi connectivity index (χ3n) is 2.99. The molecule has 0 radical (unpaired) electrons. The fraction of sp³-hybridized carbons (Fsp3) is 0.600. The predicted molar refractivity (Wildman–Crippen MR) is 71.7 cm³/mol. The van der Waals surface area contributed by atoms with Gasteiger partial charge in [0.2, 0.25) is 0 Å². The van der Waals surface area contributed by atoms with Crippen LogP contribution in [0, 0.1) is 25.6 Å². The van der Waals surface area contributed by atoms with E-state index < -0.39 is 0 Å². The lowest BCUT2D eigenvalue weighted by Crippen LogP contribution is -2.24. The third kappa shape index (κ3) is 3.81. The summed E-state index contributed by atoms with van der Waals surface area (Å²) in [5.74, 6) is 0.480. The molecule has 0 aliphatic carbocycles. The highest BCUT2D eigenvalue weighted by atomic mass is 19.1. The number of halogens is 1. The maximum Gasteiger partial charge on any atom is 0.128 e. The number of aryl methyl sites for hydroxylation is 2. The second-order valence-electron chi connectivity index (χ2n) is 5.22. The van der Waals surface area contributed by atoms with Crippen molar-refractivity contribution in [1.29, 1.82) is 0 Å². The summed E-state index contributed by atoms with van der Waals surface area (Å²) >= 11 is 0. The van der Waals surface area contributed by atoms with Gasteiger partial charge in [-0.3, -0.25) is 0 Å². The van der Waals surface area contributed by atoms with E-state index in [9.17, 15) is 4.39 Å².